The Labute approximate surface area is 107 Å². The van der Waals surface area contributed by atoms with Crippen LogP contribution >= 0.6 is 0 Å². The van der Waals surface area contributed by atoms with E-state index >= 15 is 0 Å². The molecule has 0 heterocycles. The molecule has 0 aliphatic rings. The molecule has 0 aliphatic heterocycles. The van der Waals surface area contributed by atoms with Gasteiger partial charge in [0.2, 0.25) is 5.91 Å². The lowest BCUT2D eigenvalue weighted by Crippen LogP contribution is -2.44. The Hall–Kier alpha value is -0.780. The van der Waals surface area contributed by atoms with Gasteiger partial charge in [-0.25, -0.2) is 0 Å². The number of halogens is 3. The van der Waals surface area contributed by atoms with Crippen molar-refractivity contribution in [2.75, 3.05) is 19.6 Å². The van der Waals surface area contributed by atoms with E-state index in [0.29, 0.717) is 6.42 Å². The smallest absolute Gasteiger partial charge is 0.334 e. The summed E-state index contributed by atoms with van der Waals surface area (Å²) in [4.78, 5) is 12.8. The number of amides is 1. The lowest BCUT2D eigenvalue weighted by molar-refractivity contribution is -0.163. The first kappa shape index (κ1) is 17.2. The highest BCUT2D eigenvalue weighted by Crippen LogP contribution is 2.26. The van der Waals surface area contributed by atoms with E-state index in [4.69, 9.17) is 5.73 Å². The van der Waals surface area contributed by atoms with E-state index in [1.165, 1.54) is 6.92 Å². The molecule has 0 bridgehead atoms. The van der Waals surface area contributed by atoms with Gasteiger partial charge in [0.25, 0.3) is 0 Å². The summed E-state index contributed by atoms with van der Waals surface area (Å²) in [5.41, 5.74) is 5.37. The van der Waals surface area contributed by atoms with Crippen molar-refractivity contribution in [1.29, 1.82) is 0 Å². The lowest BCUT2D eigenvalue weighted by Gasteiger charge is -2.30. The van der Waals surface area contributed by atoms with Crippen LogP contribution < -0.4 is 5.73 Å². The summed E-state index contributed by atoms with van der Waals surface area (Å²) in [5, 5.41) is 0. The zero-order chi connectivity index (χ0) is 14.6. The third kappa shape index (κ3) is 6.83. The number of nitrogens with two attached hydrogens (primary N) is 1. The molecule has 3 nitrogen and oxygen atoms in total. The van der Waals surface area contributed by atoms with Crippen LogP contribution in [0.5, 0.6) is 0 Å². The van der Waals surface area contributed by atoms with Crippen LogP contribution in [0.25, 0.3) is 0 Å². The maximum atomic E-state index is 12.3. The SMILES string of the molecule is CCN(CC(F)(F)F)C(=O)C(CN)CC(C)(C)C. The third-order valence-corrected chi connectivity index (χ3v) is 2.56. The summed E-state index contributed by atoms with van der Waals surface area (Å²) in [5.74, 6) is -1.06. The van der Waals surface area contributed by atoms with E-state index in [0.717, 1.165) is 4.90 Å². The van der Waals surface area contributed by atoms with E-state index in [1.807, 2.05) is 20.8 Å². The van der Waals surface area contributed by atoms with Gasteiger partial charge in [-0.15, -0.1) is 0 Å². The molecule has 0 aromatic rings. The van der Waals surface area contributed by atoms with Gasteiger partial charge in [-0.05, 0) is 18.8 Å². The Kier molecular flexibility index (Phi) is 6.13. The molecule has 1 amide bonds. The zero-order valence-electron chi connectivity index (χ0n) is 11.5. The number of alkyl halides is 3. The van der Waals surface area contributed by atoms with Gasteiger partial charge in [0.15, 0.2) is 0 Å². The highest BCUT2D eigenvalue weighted by molar-refractivity contribution is 5.79. The first-order valence-corrected chi connectivity index (χ1v) is 6.05. The molecule has 0 aromatic carbocycles. The van der Waals surface area contributed by atoms with Gasteiger partial charge in [0, 0.05) is 13.1 Å². The van der Waals surface area contributed by atoms with E-state index in [2.05, 4.69) is 0 Å². The van der Waals surface area contributed by atoms with Gasteiger partial charge in [-0.3, -0.25) is 4.79 Å². The summed E-state index contributed by atoms with van der Waals surface area (Å²) in [6.45, 7) is 6.25. The molecular formula is C12H23F3N2O. The third-order valence-electron chi connectivity index (χ3n) is 2.56. The fourth-order valence-corrected chi connectivity index (χ4v) is 1.83. The van der Waals surface area contributed by atoms with Crippen molar-refractivity contribution in [3.63, 3.8) is 0 Å². The largest absolute Gasteiger partial charge is 0.406 e. The van der Waals surface area contributed by atoms with Gasteiger partial charge in [0.05, 0.1) is 5.92 Å². The number of nitrogens with zero attached hydrogens (tertiary/aromatic N) is 1. The molecule has 1 unspecified atom stereocenters. The monoisotopic (exact) mass is 268 g/mol. The van der Waals surface area contributed by atoms with Crippen LogP contribution in [0.1, 0.15) is 34.1 Å². The molecule has 1 atom stereocenters. The number of hydrogen-bond donors (Lipinski definition) is 1. The minimum absolute atomic E-state index is 0.0407. The minimum Gasteiger partial charge on any atom is -0.334 e. The molecule has 0 saturated heterocycles. The van der Waals surface area contributed by atoms with Gasteiger partial charge >= 0.3 is 6.18 Å². The second-order valence-electron chi connectivity index (χ2n) is 5.67. The highest BCUT2D eigenvalue weighted by Gasteiger charge is 2.35. The van der Waals surface area contributed by atoms with Crippen molar-refractivity contribution in [3.8, 4) is 0 Å². The van der Waals surface area contributed by atoms with Gasteiger partial charge in [0.1, 0.15) is 6.54 Å². The van der Waals surface area contributed by atoms with Crippen LogP contribution in [-0.2, 0) is 4.79 Å². The molecule has 0 spiro atoms. The number of rotatable bonds is 5. The number of carbonyl (C=O) groups is 1. The average Bonchev–Trinajstić information content (AvgIpc) is 2.19. The Morgan fingerprint density at radius 3 is 2.06 bits per heavy atom. The van der Waals surface area contributed by atoms with Crippen LogP contribution in [0.2, 0.25) is 0 Å². The summed E-state index contributed by atoms with van der Waals surface area (Å²) in [7, 11) is 0. The quantitative estimate of drug-likeness (QED) is 0.832. The highest BCUT2D eigenvalue weighted by atomic mass is 19.4. The summed E-state index contributed by atoms with van der Waals surface area (Å²) < 4.78 is 37.0. The van der Waals surface area contributed by atoms with Crippen LogP contribution in [0.4, 0.5) is 13.2 Å². The molecule has 2 N–H and O–H groups in total. The summed E-state index contributed by atoms with van der Waals surface area (Å²) in [6.07, 6.45) is -3.89. The average molecular weight is 268 g/mol. The normalized spacial score (nSPS) is 14.4. The maximum Gasteiger partial charge on any atom is 0.406 e. The van der Waals surface area contributed by atoms with Crippen molar-refractivity contribution < 1.29 is 18.0 Å². The maximum absolute atomic E-state index is 12.3. The van der Waals surface area contributed by atoms with Crippen LogP contribution in [0, 0.1) is 11.3 Å². The molecule has 108 valence electrons. The topological polar surface area (TPSA) is 46.3 Å². The van der Waals surface area contributed by atoms with Gasteiger partial charge in [-0.1, -0.05) is 20.8 Å². The predicted octanol–water partition coefficient (Wildman–Crippen LogP) is 2.41. The molecule has 0 saturated carbocycles. The Morgan fingerprint density at radius 1 is 1.28 bits per heavy atom. The van der Waals surface area contributed by atoms with E-state index < -0.39 is 24.5 Å². The Morgan fingerprint density at radius 2 is 1.78 bits per heavy atom. The van der Waals surface area contributed by atoms with Gasteiger partial charge in [-0.2, -0.15) is 13.2 Å². The molecule has 0 radical (unpaired) electrons. The second kappa shape index (κ2) is 6.41. The number of carbonyl (C=O) groups excluding carboxylic acids is 1. The van der Waals surface area contributed by atoms with Gasteiger partial charge < -0.3 is 10.6 Å². The van der Waals surface area contributed by atoms with Crippen molar-refractivity contribution in [2.45, 2.75) is 40.3 Å². The van der Waals surface area contributed by atoms with Crippen LogP contribution in [0.3, 0.4) is 0 Å². The first-order chi connectivity index (χ1) is 8.00. The molecule has 0 aliphatic carbocycles. The van der Waals surface area contributed by atoms with Crippen molar-refractivity contribution in [3.05, 3.63) is 0 Å². The molecule has 6 heteroatoms. The summed E-state index contributed by atoms with van der Waals surface area (Å²) in [6, 6.07) is 0. The lowest BCUT2D eigenvalue weighted by atomic mass is 9.84. The molecule has 18 heavy (non-hydrogen) atoms. The fourth-order valence-electron chi connectivity index (χ4n) is 1.83. The van der Waals surface area contributed by atoms with Crippen LogP contribution in [0.15, 0.2) is 0 Å². The van der Waals surface area contributed by atoms with E-state index in [-0.39, 0.29) is 18.5 Å². The van der Waals surface area contributed by atoms with Crippen molar-refractivity contribution in [2.24, 2.45) is 17.1 Å². The molecule has 0 rings (SSSR count). The Balaban J connectivity index is 4.74. The molecule has 0 aromatic heterocycles. The van der Waals surface area contributed by atoms with E-state index in [9.17, 15) is 18.0 Å². The van der Waals surface area contributed by atoms with Crippen LogP contribution in [-0.4, -0.2) is 36.6 Å². The minimum atomic E-state index is -4.37. The second-order valence-corrected chi connectivity index (χ2v) is 5.67. The van der Waals surface area contributed by atoms with Crippen molar-refractivity contribution >= 4 is 5.91 Å². The number of hydrogen-bond acceptors (Lipinski definition) is 2. The Bertz CT molecular complexity index is 245. The molecular weight excluding hydrogens is 245 g/mol. The fraction of sp³-hybridized carbons (Fsp3) is 0.917. The molecule has 0 fully saturated rings. The standard InChI is InChI=1S/C12H23F3N2O/c1-5-17(8-12(13,14)15)10(18)9(7-16)6-11(2,3)4/h9H,5-8,16H2,1-4H3. The summed E-state index contributed by atoms with van der Waals surface area (Å²) >= 11 is 0. The van der Waals surface area contributed by atoms with E-state index in [1.54, 1.807) is 0 Å². The zero-order valence-corrected chi connectivity index (χ0v) is 11.5. The predicted molar refractivity (Wildman–Crippen MR) is 64.9 cm³/mol. The van der Waals surface area contributed by atoms with Crippen molar-refractivity contribution in [1.82, 2.24) is 4.90 Å². The first-order valence-electron chi connectivity index (χ1n) is 6.05.